The van der Waals surface area contributed by atoms with Gasteiger partial charge in [0.1, 0.15) is 13.2 Å². The van der Waals surface area contributed by atoms with Crippen LogP contribution >= 0.6 is 23.4 Å². The average molecular weight is 592 g/mol. The number of nitrogens with one attached hydrogen (secondary N) is 1. The van der Waals surface area contributed by atoms with E-state index >= 15 is 0 Å². The van der Waals surface area contributed by atoms with Crippen molar-refractivity contribution in [1.82, 2.24) is 4.90 Å². The minimum absolute atomic E-state index is 0.0555. The maximum atomic E-state index is 13.0. The van der Waals surface area contributed by atoms with E-state index in [-0.39, 0.29) is 27.8 Å². The van der Waals surface area contributed by atoms with Gasteiger partial charge in [-0.1, -0.05) is 35.9 Å². The van der Waals surface area contributed by atoms with E-state index in [9.17, 15) is 24.4 Å². The fraction of sp³-hybridized carbons (Fsp3) is 0.138. The van der Waals surface area contributed by atoms with Gasteiger partial charge in [-0.3, -0.25) is 19.3 Å². The van der Waals surface area contributed by atoms with Crippen molar-refractivity contribution in [1.29, 1.82) is 5.26 Å². The van der Waals surface area contributed by atoms with Gasteiger partial charge in [0.25, 0.3) is 11.1 Å². The smallest absolute Gasteiger partial charge is 0.339 e. The third-order valence-electron chi connectivity index (χ3n) is 5.84. The van der Waals surface area contributed by atoms with E-state index in [0.29, 0.717) is 34.4 Å². The van der Waals surface area contributed by atoms with E-state index in [1.165, 1.54) is 38.5 Å². The van der Waals surface area contributed by atoms with Crippen LogP contribution in [0.25, 0.3) is 6.08 Å². The minimum Gasteiger partial charge on any atom is -0.493 e. The maximum Gasteiger partial charge on any atom is 0.339 e. The zero-order chi connectivity index (χ0) is 29.5. The molecule has 3 aromatic rings. The highest BCUT2D eigenvalue weighted by molar-refractivity contribution is 8.18. The van der Waals surface area contributed by atoms with Crippen molar-refractivity contribution in [3.8, 4) is 17.6 Å². The van der Waals surface area contributed by atoms with Crippen LogP contribution in [-0.2, 0) is 20.9 Å². The van der Waals surface area contributed by atoms with Crippen molar-refractivity contribution in [2.45, 2.75) is 6.61 Å². The summed E-state index contributed by atoms with van der Waals surface area (Å²) in [7, 11) is 2.67. The zero-order valence-electron chi connectivity index (χ0n) is 21.8. The molecule has 12 heteroatoms. The van der Waals surface area contributed by atoms with Crippen LogP contribution in [0.4, 0.5) is 10.5 Å². The lowest BCUT2D eigenvalue weighted by atomic mass is 10.1. The Morgan fingerprint density at radius 3 is 2.59 bits per heavy atom. The van der Waals surface area contributed by atoms with Crippen molar-refractivity contribution in [2.24, 2.45) is 0 Å². The molecule has 3 amide bonds. The number of anilines is 1. The normalized spacial score (nSPS) is 13.6. The van der Waals surface area contributed by atoms with Gasteiger partial charge in [-0.05, 0) is 59.8 Å². The summed E-state index contributed by atoms with van der Waals surface area (Å²) in [5, 5.41) is 11.4. The molecule has 208 valence electrons. The standard InChI is InChI=1S/C29H22ClN3O7S/c1-38-24-11-17(7-10-23(24)40-16-19-6-4-3-5-18(19)14-31)12-25-27(35)33(29(37)41-25)15-26(34)32-20-8-9-22(30)21(13-20)28(36)39-2/h3-13H,15-16H2,1-2H3,(H,32,34)/b25-12-. The first kappa shape index (κ1) is 29.2. The number of halogens is 1. The van der Waals surface area contributed by atoms with Crippen LogP contribution in [-0.4, -0.2) is 48.7 Å². The van der Waals surface area contributed by atoms with Crippen molar-refractivity contribution in [2.75, 3.05) is 26.1 Å². The number of carbonyl (C=O) groups is 4. The SMILES string of the molecule is COC(=O)c1cc(NC(=O)CN2C(=O)S/C(=C\c3ccc(OCc4ccccc4C#N)c(OC)c3)C2=O)ccc1Cl. The molecule has 1 fully saturated rings. The summed E-state index contributed by atoms with van der Waals surface area (Å²) >= 11 is 6.70. The number of rotatable bonds is 9. The number of hydrogen-bond acceptors (Lipinski definition) is 9. The van der Waals surface area contributed by atoms with E-state index in [4.69, 9.17) is 21.1 Å². The van der Waals surface area contributed by atoms with Crippen LogP contribution in [0, 0.1) is 11.3 Å². The summed E-state index contributed by atoms with van der Waals surface area (Å²) in [5.74, 6) is -1.13. The number of esters is 1. The van der Waals surface area contributed by atoms with Crippen LogP contribution in [0.1, 0.15) is 27.0 Å². The predicted molar refractivity (Wildman–Crippen MR) is 153 cm³/mol. The number of methoxy groups -OCH3 is 2. The number of ether oxygens (including phenoxy) is 3. The Balaban J connectivity index is 1.43. The lowest BCUT2D eigenvalue weighted by molar-refractivity contribution is -0.127. The lowest BCUT2D eigenvalue weighted by Gasteiger charge is -2.13. The molecule has 0 atom stereocenters. The molecule has 4 rings (SSSR count). The molecule has 0 radical (unpaired) electrons. The van der Waals surface area contributed by atoms with Gasteiger partial charge < -0.3 is 19.5 Å². The predicted octanol–water partition coefficient (Wildman–Crippen LogP) is 5.26. The summed E-state index contributed by atoms with van der Waals surface area (Å²) in [6.45, 7) is -0.376. The number of thioether (sulfide) groups is 1. The van der Waals surface area contributed by atoms with Crippen molar-refractivity contribution in [3.63, 3.8) is 0 Å². The summed E-state index contributed by atoms with van der Waals surface area (Å²) in [4.78, 5) is 50.9. The van der Waals surface area contributed by atoms with E-state index < -0.39 is 29.6 Å². The second-order valence-corrected chi connectivity index (χ2v) is 9.87. The molecule has 0 bridgehead atoms. The largest absolute Gasteiger partial charge is 0.493 e. The average Bonchev–Trinajstić information content (AvgIpc) is 3.24. The molecular weight excluding hydrogens is 570 g/mol. The Hall–Kier alpha value is -4.79. The van der Waals surface area contributed by atoms with Crippen LogP contribution in [0.15, 0.2) is 65.6 Å². The molecule has 1 aliphatic rings. The molecule has 1 aliphatic heterocycles. The summed E-state index contributed by atoms with van der Waals surface area (Å²) in [6.07, 6.45) is 1.52. The second-order valence-electron chi connectivity index (χ2n) is 8.47. The van der Waals surface area contributed by atoms with Gasteiger partial charge in [0, 0.05) is 11.3 Å². The van der Waals surface area contributed by atoms with Gasteiger partial charge >= 0.3 is 5.97 Å². The van der Waals surface area contributed by atoms with Gasteiger partial charge in [0.15, 0.2) is 11.5 Å². The molecule has 41 heavy (non-hydrogen) atoms. The van der Waals surface area contributed by atoms with E-state index in [2.05, 4.69) is 16.1 Å². The highest BCUT2D eigenvalue weighted by Crippen LogP contribution is 2.35. The summed E-state index contributed by atoms with van der Waals surface area (Å²) in [5.41, 5.74) is 2.09. The molecule has 0 spiro atoms. The molecule has 1 heterocycles. The lowest BCUT2D eigenvalue weighted by Crippen LogP contribution is -2.36. The van der Waals surface area contributed by atoms with Gasteiger partial charge in [-0.15, -0.1) is 0 Å². The topological polar surface area (TPSA) is 135 Å². The number of amides is 3. The van der Waals surface area contributed by atoms with Crippen LogP contribution in [0.5, 0.6) is 11.5 Å². The zero-order valence-corrected chi connectivity index (χ0v) is 23.4. The van der Waals surface area contributed by atoms with E-state index in [1.54, 1.807) is 36.4 Å². The number of hydrogen-bond donors (Lipinski definition) is 1. The number of imide groups is 1. The highest BCUT2D eigenvalue weighted by Gasteiger charge is 2.36. The van der Waals surface area contributed by atoms with Gasteiger partial charge in [0.2, 0.25) is 5.91 Å². The minimum atomic E-state index is -0.678. The third kappa shape index (κ3) is 6.87. The molecule has 0 aliphatic carbocycles. The Morgan fingerprint density at radius 2 is 1.85 bits per heavy atom. The van der Waals surface area contributed by atoms with Gasteiger partial charge in [-0.25, -0.2) is 4.79 Å². The van der Waals surface area contributed by atoms with Crippen LogP contribution in [0.3, 0.4) is 0 Å². The fourth-order valence-corrected chi connectivity index (χ4v) is 4.84. The fourth-order valence-electron chi connectivity index (χ4n) is 3.81. The van der Waals surface area contributed by atoms with E-state index in [1.807, 2.05) is 6.07 Å². The molecule has 0 unspecified atom stereocenters. The third-order valence-corrected chi connectivity index (χ3v) is 7.07. The Bertz CT molecular complexity index is 1620. The number of benzene rings is 3. The maximum absolute atomic E-state index is 13.0. The van der Waals surface area contributed by atoms with Crippen molar-refractivity contribution in [3.05, 3.63) is 92.8 Å². The quantitative estimate of drug-likeness (QED) is 0.261. The second kappa shape index (κ2) is 13.0. The Labute approximate surface area is 244 Å². The highest BCUT2D eigenvalue weighted by atomic mass is 35.5. The molecular formula is C29H22ClN3O7S. The molecule has 1 N–H and O–H groups in total. The molecule has 3 aromatic carbocycles. The summed E-state index contributed by atoms with van der Waals surface area (Å²) in [6, 6.07) is 18.4. The number of nitrogens with zero attached hydrogens (tertiary/aromatic N) is 2. The molecule has 1 saturated heterocycles. The van der Waals surface area contributed by atoms with Crippen LogP contribution < -0.4 is 14.8 Å². The van der Waals surface area contributed by atoms with Crippen LogP contribution in [0.2, 0.25) is 5.02 Å². The van der Waals surface area contributed by atoms with Gasteiger partial charge in [0.05, 0.1) is 41.3 Å². The first-order valence-corrected chi connectivity index (χ1v) is 13.2. The monoisotopic (exact) mass is 591 g/mol. The first-order chi connectivity index (χ1) is 19.7. The molecule has 0 aromatic heterocycles. The summed E-state index contributed by atoms with van der Waals surface area (Å²) < 4.78 is 16.0. The van der Waals surface area contributed by atoms with Crippen molar-refractivity contribution < 1.29 is 33.4 Å². The van der Waals surface area contributed by atoms with Crippen molar-refractivity contribution >= 4 is 58.1 Å². The first-order valence-electron chi connectivity index (χ1n) is 12.0. The van der Waals surface area contributed by atoms with E-state index in [0.717, 1.165) is 10.5 Å². The number of carbonyl (C=O) groups excluding carboxylic acids is 4. The molecule has 10 nitrogen and oxygen atoms in total. The Morgan fingerprint density at radius 1 is 1.07 bits per heavy atom. The number of nitriles is 1. The Kier molecular flexibility index (Phi) is 9.29. The molecule has 0 saturated carbocycles. The van der Waals surface area contributed by atoms with Gasteiger partial charge in [-0.2, -0.15) is 5.26 Å².